The van der Waals surface area contributed by atoms with Crippen molar-refractivity contribution in [2.75, 3.05) is 19.6 Å². The van der Waals surface area contributed by atoms with Crippen LogP contribution in [-0.4, -0.2) is 30.6 Å². The van der Waals surface area contributed by atoms with Crippen molar-refractivity contribution in [1.82, 2.24) is 4.90 Å². The second kappa shape index (κ2) is 6.35. The fraction of sp³-hybridized carbons (Fsp3) is 0.625. The van der Waals surface area contributed by atoms with E-state index < -0.39 is 0 Å². The molecule has 0 aliphatic carbocycles. The Morgan fingerprint density at radius 1 is 1.17 bits per heavy atom. The molecular weight excluding hydrogens is 220 g/mol. The molecule has 2 rings (SSSR count). The first-order valence-electron chi connectivity index (χ1n) is 7.29. The maximum Gasteiger partial charge on any atom is 0.0174 e. The molecule has 0 amide bonds. The zero-order valence-electron chi connectivity index (χ0n) is 11.7. The zero-order valence-corrected chi connectivity index (χ0v) is 11.7. The number of piperidine rings is 1. The second-order valence-electron chi connectivity index (χ2n) is 5.55. The molecule has 1 aliphatic heterocycles. The van der Waals surface area contributed by atoms with Crippen LogP contribution in [0.15, 0.2) is 24.3 Å². The van der Waals surface area contributed by atoms with Gasteiger partial charge in [-0.15, -0.1) is 0 Å². The van der Waals surface area contributed by atoms with Gasteiger partial charge >= 0.3 is 0 Å². The van der Waals surface area contributed by atoms with E-state index in [1.165, 1.54) is 30.6 Å². The fourth-order valence-corrected chi connectivity index (χ4v) is 3.00. The van der Waals surface area contributed by atoms with Crippen LogP contribution >= 0.6 is 0 Å². The van der Waals surface area contributed by atoms with E-state index in [2.05, 4.69) is 43.0 Å². The Balaban J connectivity index is 2.06. The van der Waals surface area contributed by atoms with Gasteiger partial charge in [-0.3, -0.25) is 0 Å². The van der Waals surface area contributed by atoms with Crippen LogP contribution in [0.3, 0.4) is 0 Å². The van der Waals surface area contributed by atoms with Crippen molar-refractivity contribution in [2.24, 2.45) is 5.73 Å². The van der Waals surface area contributed by atoms with Gasteiger partial charge in [0.05, 0.1) is 0 Å². The fourth-order valence-electron chi connectivity index (χ4n) is 3.00. The number of likely N-dealkylation sites (tertiary alicyclic amines) is 1. The molecule has 2 N–H and O–H groups in total. The predicted octanol–water partition coefficient (Wildman–Crippen LogP) is 2.78. The molecule has 1 fully saturated rings. The molecule has 1 heterocycles. The summed E-state index contributed by atoms with van der Waals surface area (Å²) in [4.78, 5) is 2.52. The monoisotopic (exact) mass is 246 g/mol. The van der Waals surface area contributed by atoms with Crippen molar-refractivity contribution in [3.63, 3.8) is 0 Å². The normalized spacial score (nSPS) is 25.3. The van der Waals surface area contributed by atoms with Crippen LogP contribution in [0.1, 0.15) is 43.7 Å². The Hall–Kier alpha value is -0.860. The highest BCUT2D eigenvalue weighted by Gasteiger charge is 2.25. The van der Waals surface area contributed by atoms with E-state index in [0.29, 0.717) is 12.0 Å². The van der Waals surface area contributed by atoms with Crippen LogP contribution in [0, 0.1) is 0 Å². The molecule has 2 heteroatoms. The van der Waals surface area contributed by atoms with Crippen LogP contribution in [0.4, 0.5) is 0 Å². The lowest BCUT2D eigenvalue weighted by atomic mass is 9.88. The molecule has 18 heavy (non-hydrogen) atoms. The first kappa shape index (κ1) is 13.6. The van der Waals surface area contributed by atoms with Crippen molar-refractivity contribution in [3.05, 3.63) is 35.4 Å². The molecule has 0 spiro atoms. The molecule has 0 saturated carbocycles. The Kier molecular flexibility index (Phi) is 4.79. The van der Waals surface area contributed by atoms with Crippen LogP contribution in [0.25, 0.3) is 0 Å². The zero-order chi connectivity index (χ0) is 13.0. The SMILES string of the molecule is CCCN1CC(N)CC(c2ccc(CC)cc2)C1. The molecule has 0 radical (unpaired) electrons. The number of nitrogens with two attached hydrogens (primary N) is 1. The van der Waals surface area contributed by atoms with Gasteiger partial charge in [-0.05, 0) is 42.9 Å². The number of benzene rings is 1. The average molecular weight is 246 g/mol. The summed E-state index contributed by atoms with van der Waals surface area (Å²) in [5.74, 6) is 0.617. The van der Waals surface area contributed by atoms with Crippen molar-refractivity contribution in [2.45, 2.75) is 45.1 Å². The number of hydrogen-bond acceptors (Lipinski definition) is 2. The number of aryl methyl sites for hydroxylation is 1. The predicted molar refractivity (Wildman–Crippen MR) is 77.9 cm³/mol. The van der Waals surface area contributed by atoms with E-state index in [4.69, 9.17) is 5.73 Å². The van der Waals surface area contributed by atoms with Gasteiger partial charge in [0.15, 0.2) is 0 Å². The van der Waals surface area contributed by atoms with Gasteiger partial charge in [0, 0.05) is 19.1 Å². The summed E-state index contributed by atoms with van der Waals surface area (Å²) in [6.07, 6.45) is 3.46. The Bertz CT molecular complexity index is 358. The van der Waals surface area contributed by atoms with E-state index in [-0.39, 0.29) is 0 Å². The van der Waals surface area contributed by atoms with Crippen molar-refractivity contribution in [3.8, 4) is 0 Å². The largest absolute Gasteiger partial charge is 0.327 e. The minimum atomic E-state index is 0.334. The summed E-state index contributed by atoms with van der Waals surface area (Å²) in [5.41, 5.74) is 9.08. The second-order valence-corrected chi connectivity index (χ2v) is 5.55. The molecule has 1 aromatic rings. The first-order chi connectivity index (χ1) is 8.72. The summed E-state index contributed by atoms with van der Waals surface area (Å²) in [7, 11) is 0. The summed E-state index contributed by atoms with van der Waals surface area (Å²) >= 11 is 0. The third kappa shape index (κ3) is 3.33. The Morgan fingerprint density at radius 2 is 1.89 bits per heavy atom. The van der Waals surface area contributed by atoms with Crippen molar-refractivity contribution < 1.29 is 0 Å². The molecule has 2 unspecified atom stereocenters. The number of nitrogens with zero attached hydrogens (tertiary/aromatic N) is 1. The first-order valence-corrected chi connectivity index (χ1v) is 7.29. The van der Waals surface area contributed by atoms with Gasteiger partial charge in [-0.2, -0.15) is 0 Å². The van der Waals surface area contributed by atoms with Crippen LogP contribution in [0.5, 0.6) is 0 Å². The van der Waals surface area contributed by atoms with Gasteiger partial charge in [-0.1, -0.05) is 38.1 Å². The van der Waals surface area contributed by atoms with Gasteiger partial charge in [0.1, 0.15) is 0 Å². The highest BCUT2D eigenvalue weighted by Crippen LogP contribution is 2.26. The summed E-state index contributed by atoms with van der Waals surface area (Å²) in [5, 5.41) is 0. The molecule has 2 atom stereocenters. The molecule has 0 bridgehead atoms. The van der Waals surface area contributed by atoms with Crippen LogP contribution in [-0.2, 0) is 6.42 Å². The third-order valence-corrected chi connectivity index (χ3v) is 3.96. The molecule has 0 aromatic heterocycles. The quantitative estimate of drug-likeness (QED) is 0.885. The van der Waals surface area contributed by atoms with Crippen molar-refractivity contribution in [1.29, 1.82) is 0 Å². The molecule has 100 valence electrons. The molecule has 1 aliphatic rings. The van der Waals surface area contributed by atoms with E-state index >= 15 is 0 Å². The minimum Gasteiger partial charge on any atom is -0.327 e. The summed E-state index contributed by atoms with van der Waals surface area (Å²) in [6, 6.07) is 9.46. The van der Waals surface area contributed by atoms with Crippen molar-refractivity contribution >= 4 is 0 Å². The summed E-state index contributed by atoms with van der Waals surface area (Å²) < 4.78 is 0. The maximum absolute atomic E-state index is 6.20. The van der Waals surface area contributed by atoms with Gasteiger partial charge in [-0.25, -0.2) is 0 Å². The lowest BCUT2D eigenvalue weighted by Crippen LogP contribution is -2.46. The van der Waals surface area contributed by atoms with Crippen LogP contribution < -0.4 is 5.73 Å². The molecular formula is C16H26N2. The highest BCUT2D eigenvalue weighted by molar-refractivity contribution is 5.26. The number of rotatable bonds is 4. The number of hydrogen-bond donors (Lipinski definition) is 1. The molecule has 1 aromatic carbocycles. The molecule has 2 nitrogen and oxygen atoms in total. The smallest absolute Gasteiger partial charge is 0.0174 e. The third-order valence-electron chi connectivity index (χ3n) is 3.96. The van der Waals surface area contributed by atoms with E-state index in [1.807, 2.05) is 0 Å². The van der Waals surface area contributed by atoms with E-state index in [0.717, 1.165) is 19.4 Å². The van der Waals surface area contributed by atoms with Gasteiger partial charge in [0.2, 0.25) is 0 Å². The average Bonchev–Trinajstić information content (AvgIpc) is 2.38. The minimum absolute atomic E-state index is 0.334. The molecule has 1 saturated heterocycles. The Labute approximate surface area is 111 Å². The lowest BCUT2D eigenvalue weighted by Gasteiger charge is -2.36. The maximum atomic E-state index is 6.20. The van der Waals surface area contributed by atoms with Gasteiger partial charge in [0.25, 0.3) is 0 Å². The van der Waals surface area contributed by atoms with Gasteiger partial charge < -0.3 is 10.6 Å². The standard InChI is InChI=1S/C16H26N2/c1-3-9-18-11-15(10-16(17)12-18)14-7-5-13(4-2)6-8-14/h5-8,15-16H,3-4,9-12,17H2,1-2H3. The Morgan fingerprint density at radius 3 is 2.50 bits per heavy atom. The van der Waals surface area contributed by atoms with Crippen LogP contribution in [0.2, 0.25) is 0 Å². The lowest BCUT2D eigenvalue weighted by molar-refractivity contribution is 0.189. The van der Waals surface area contributed by atoms with E-state index in [9.17, 15) is 0 Å². The topological polar surface area (TPSA) is 29.3 Å². The summed E-state index contributed by atoms with van der Waals surface area (Å²) in [6.45, 7) is 7.86. The highest BCUT2D eigenvalue weighted by atomic mass is 15.1. The van der Waals surface area contributed by atoms with E-state index in [1.54, 1.807) is 0 Å².